The standard InChI is InChI=1S/C8H12F3NO4/c1-7(6(14)15,8(9,10)11)12-5(13)3-4-16-2/h3-4H2,1-2H3,(H,12,13)(H,14,15). The molecule has 0 fully saturated rings. The van der Waals surface area contributed by atoms with Gasteiger partial charge in [-0.2, -0.15) is 13.2 Å². The third-order valence-electron chi connectivity index (χ3n) is 1.92. The van der Waals surface area contributed by atoms with Crippen LogP contribution in [0.25, 0.3) is 0 Å². The summed E-state index contributed by atoms with van der Waals surface area (Å²) in [6.07, 6.45) is -5.41. The van der Waals surface area contributed by atoms with Crippen LogP contribution in [0.15, 0.2) is 0 Å². The number of alkyl halides is 3. The molecule has 1 unspecified atom stereocenters. The molecule has 0 aromatic rings. The molecule has 2 N–H and O–H groups in total. The topological polar surface area (TPSA) is 75.6 Å². The molecule has 0 heterocycles. The maximum atomic E-state index is 12.4. The Balaban J connectivity index is 4.71. The molecule has 1 atom stereocenters. The van der Waals surface area contributed by atoms with Gasteiger partial charge in [0, 0.05) is 13.5 Å². The van der Waals surface area contributed by atoms with E-state index < -0.39 is 23.6 Å². The number of carbonyl (C=O) groups is 2. The highest BCUT2D eigenvalue weighted by atomic mass is 19.4. The average Bonchev–Trinajstić information content (AvgIpc) is 2.12. The first-order valence-corrected chi connectivity index (χ1v) is 4.25. The number of aliphatic carboxylic acids is 1. The number of ether oxygens (including phenoxy) is 1. The van der Waals surface area contributed by atoms with Crippen LogP contribution < -0.4 is 5.32 Å². The lowest BCUT2D eigenvalue weighted by molar-refractivity contribution is -0.207. The second-order valence-electron chi connectivity index (χ2n) is 3.22. The molecule has 0 rings (SSSR count). The fourth-order valence-corrected chi connectivity index (χ4v) is 0.782. The molecule has 0 saturated carbocycles. The second-order valence-corrected chi connectivity index (χ2v) is 3.22. The maximum absolute atomic E-state index is 12.4. The Morgan fingerprint density at radius 3 is 2.19 bits per heavy atom. The van der Waals surface area contributed by atoms with Gasteiger partial charge in [0.25, 0.3) is 0 Å². The molecule has 0 radical (unpaired) electrons. The van der Waals surface area contributed by atoms with Crippen LogP contribution in [-0.4, -0.2) is 42.4 Å². The van der Waals surface area contributed by atoms with Crippen LogP contribution in [0, 0.1) is 0 Å². The lowest BCUT2D eigenvalue weighted by atomic mass is 10.0. The number of hydrogen-bond donors (Lipinski definition) is 2. The first-order chi connectivity index (χ1) is 7.15. The van der Waals surface area contributed by atoms with Gasteiger partial charge in [-0.05, 0) is 6.92 Å². The molecule has 0 aliphatic rings. The fraction of sp³-hybridized carbons (Fsp3) is 0.750. The van der Waals surface area contributed by atoms with E-state index in [2.05, 4.69) is 4.74 Å². The van der Waals surface area contributed by atoms with Crippen molar-refractivity contribution in [3.63, 3.8) is 0 Å². The maximum Gasteiger partial charge on any atom is 0.422 e. The van der Waals surface area contributed by atoms with Gasteiger partial charge in [-0.25, -0.2) is 4.79 Å². The minimum atomic E-state index is -5.07. The summed E-state index contributed by atoms with van der Waals surface area (Å²) in [6.45, 7) is 0.305. The highest BCUT2D eigenvalue weighted by Gasteiger charge is 2.58. The quantitative estimate of drug-likeness (QED) is 0.739. The molecule has 0 aliphatic heterocycles. The van der Waals surface area contributed by atoms with E-state index in [-0.39, 0.29) is 13.0 Å². The number of carboxylic acids is 1. The molecule has 1 amide bonds. The van der Waals surface area contributed by atoms with Gasteiger partial charge in [0.15, 0.2) is 0 Å². The van der Waals surface area contributed by atoms with Crippen molar-refractivity contribution in [1.82, 2.24) is 5.32 Å². The number of halogens is 3. The highest BCUT2D eigenvalue weighted by Crippen LogP contribution is 2.30. The van der Waals surface area contributed by atoms with Crippen LogP contribution in [0.3, 0.4) is 0 Å². The summed E-state index contributed by atoms with van der Waals surface area (Å²) in [6, 6.07) is 0. The number of carbonyl (C=O) groups excluding carboxylic acids is 1. The molecular formula is C8H12F3NO4. The largest absolute Gasteiger partial charge is 0.479 e. The lowest BCUT2D eigenvalue weighted by Gasteiger charge is -2.28. The molecule has 0 aliphatic carbocycles. The van der Waals surface area contributed by atoms with Crippen molar-refractivity contribution in [3.05, 3.63) is 0 Å². The van der Waals surface area contributed by atoms with Crippen LogP contribution in [-0.2, 0) is 14.3 Å². The molecule has 0 saturated heterocycles. The van der Waals surface area contributed by atoms with Crippen molar-refractivity contribution < 1.29 is 32.6 Å². The van der Waals surface area contributed by atoms with Gasteiger partial charge < -0.3 is 15.2 Å². The van der Waals surface area contributed by atoms with E-state index in [1.54, 1.807) is 0 Å². The van der Waals surface area contributed by atoms with E-state index in [1.807, 2.05) is 0 Å². The van der Waals surface area contributed by atoms with Crippen molar-refractivity contribution in [2.24, 2.45) is 0 Å². The van der Waals surface area contributed by atoms with E-state index in [9.17, 15) is 22.8 Å². The van der Waals surface area contributed by atoms with Crippen LogP contribution in [0.2, 0.25) is 0 Å². The molecule has 0 spiro atoms. The van der Waals surface area contributed by atoms with Gasteiger partial charge in [0.1, 0.15) is 0 Å². The van der Waals surface area contributed by atoms with Gasteiger partial charge >= 0.3 is 12.1 Å². The van der Waals surface area contributed by atoms with Crippen LogP contribution >= 0.6 is 0 Å². The first kappa shape index (κ1) is 14.7. The minimum absolute atomic E-state index is 0.0839. The zero-order chi connectivity index (χ0) is 13.0. The molecule has 0 aromatic carbocycles. The predicted octanol–water partition coefficient (Wildman–Crippen LogP) is 0.545. The number of nitrogens with one attached hydrogen (secondary N) is 1. The molecule has 0 aromatic heterocycles. The second kappa shape index (κ2) is 5.15. The SMILES string of the molecule is COCCC(=O)NC(C)(C(=O)O)C(F)(F)F. The Bertz CT molecular complexity index is 279. The van der Waals surface area contributed by atoms with Gasteiger partial charge in [0.05, 0.1) is 6.61 Å². The zero-order valence-corrected chi connectivity index (χ0v) is 8.72. The fourth-order valence-electron chi connectivity index (χ4n) is 0.782. The van der Waals surface area contributed by atoms with Crippen LogP contribution in [0.4, 0.5) is 13.2 Å². The van der Waals surface area contributed by atoms with Crippen molar-refractivity contribution in [2.45, 2.75) is 25.1 Å². The highest BCUT2D eigenvalue weighted by molar-refractivity contribution is 5.87. The Morgan fingerprint density at radius 1 is 1.38 bits per heavy atom. The van der Waals surface area contributed by atoms with Crippen molar-refractivity contribution in [2.75, 3.05) is 13.7 Å². The van der Waals surface area contributed by atoms with Gasteiger partial charge in [-0.15, -0.1) is 0 Å². The van der Waals surface area contributed by atoms with Crippen molar-refractivity contribution in [3.8, 4) is 0 Å². The molecule has 5 nitrogen and oxygen atoms in total. The Hall–Kier alpha value is -1.31. The van der Waals surface area contributed by atoms with Crippen molar-refractivity contribution in [1.29, 1.82) is 0 Å². The summed E-state index contributed by atoms with van der Waals surface area (Å²) >= 11 is 0. The Morgan fingerprint density at radius 2 is 1.88 bits per heavy atom. The molecule has 8 heteroatoms. The third-order valence-corrected chi connectivity index (χ3v) is 1.92. The average molecular weight is 243 g/mol. The smallest absolute Gasteiger partial charge is 0.422 e. The van der Waals surface area contributed by atoms with E-state index >= 15 is 0 Å². The summed E-state index contributed by atoms with van der Waals surface area (Å²) in [5.74, 6) is -3.20. The number of carboxylic acid groups (broad SMARTS) is 1. The number of methoxy groups -OCH3 is 1. The number of rotatable bonds is 5. The number of amides is 1. The van der Waals surface area contributed by atoms with E-state index in [0.29, 0.717) is 6.92 Å². The molecule has 0 bridgehead atoms. The Kier molecular flexibility index (Phi) is 4.73. The van der Waals surface area contributed by atoms with Gasteiger partial charge in [-0.3, -0.25) is 4.79 Å². The normalized spacial score (nSPS) is 15.3. The summed E-state index contributed by atoms with van der Waals surface area (Å²) in [7, 11) is 1.27. The molecule has 94 valence electrons. The van der Waals surface area contributed by atoms with Crippen LogP contribution in [0.1, 0.15) is 13.3 Å². The number of hydrogen-bond acceptors (Lipinski definition) is 3. The Labute approximate surface area is 89.6 Å². The summed E-state index contributed by atoms with van der Waals surface area (Å²) in [4.78, 5) is 21.5. The summed E-state index contributed by atoms with van der Waals surface area (Å²) in [5, 5.41) is 9.90. The molecule has 16 heavy (non-hydrogen) atoms. The van der Waals surface area contributed by atoms with Gasteiger partial charge in [-0.1, -0.05) is 0 Å². The monoisotopic (exact) mass is 243 g/mol. The van der Waals surface area contributed by atoms with Gasteiger partial charge in [0.2, 0.25) is 11.4 Å². The minimum Gasteiger partial charge on any atom is -0.479 e. The predicted molar refractivity (Wildman–Crippen MR) is 46.7 cm³/mol. The lowest BCUT2D eigenvalue weighted by Crippen LogP contribution is -2.62. The van der Waals surface area contributed by atoms with E-state index in [0.717, 1.165) is 0 Å². The summed E-state index contributed by atoms with van der Waals surface area (Å²) < 4.78 is 41.7. The zero-order valence-electron chi connectivity index (χ0n) is 8.72. The summed E-state index contributed by atoms with van der Waals surface area (Å²) in [5.41, 5.74) is -3.28. The third kappa shape index (κ3) is 3.37. The molecular weight excluding hydrogens is 231 g/mol. The van der Waals surface area contributed by atoms with E-state index in [4.69, 9.17) is 5.11 Å². The van der Waals surface area contributed by atoms with Crippen LogP contribution in [0.5, 0.6) is 0 Å². The first-order valence-electron chi connectivity index (χ1n) is 4.25. The van der Waals surface area contributed by atoms with E-state index in [1.165, 1.54) is 12.4 Å². The van der Waals surface area contributed by atoms with Crippen molar-refractivity contribution >= 4 is 11.9 Å².